The van der Waals surface area contributed by atoms with Gasteiger partial charge >= 0.3 is 0 Å². The Balaban J connectivity index is 1.74. The zero-order valence-corrected chi connectivity index (χ0v) is 18.3. The van der Waals surface area contributed by atoms with Crippen molar-refractivity contribution in [2.45, 2.75) is 13.0 Å². The standard InChI is InChI=1S/C22H16ClFN8O2/c1-10(28-18-16-17(30-22(25)31-18)26-9-27-20(16)33)19-29-14-7-3-6-13(23)15(14)21(34)32(19)12-5-2-4-11(24)8-12/h2-10H,1H3,(H4,25,26,27,28,30,31,33). The molecule has 10 nitrogen and oxygen atoms in total. The van der Waals surface area contributed by atoms with Gasteiger partial charge in [0.05, 0.1) is 34.0 Å². The summed E-state index contributed by atoms with van der Waals surface area (Å²) in [6.07, 6.45) is 1.21. The lowest BCUT2D eigenvalue weighted by Crippen LogP contribution is -2.28. The van der Waals surface area contributed by atoms with Crippen molar-refractivity contribution in [1.82, 2.24) is 29.5 Å². The summed E-state index contributed by atoms with van der Waals surface area (Å²) in [5.41, 5.74) is 5.59. The number of hydrogen-bond donors (Lipinski definition) is 3. The van der Waals surface area contributed by atoms with E-state index in [0.29, 0.717) is 5.52 Å². The Bertz CT molecular complexity index is 1700. The van der Waals surface area contributed by atoms with Crippen LogP contribution in [0.25, 0.3) is 27.6 Å². The number of anilines is 2. The highest BCUT2D eigenvalue weighted by Crippen LogP contribution is 2.26. The second kappa shape index (κ2) is 8.19. The first kappa shape index (κ1) is 21.5. The molecule has 0 fully saturated rings. The van der Waals surface area contributed by atoms with Gasteiger partial charge < -0.3 is 16.0 Å². The fourth-order valence-corrected chi connectivity index (χ4v) is 3.99. The predicted octanol–water partition coefficient (Wildman–Crippen LogP) is 2.96. The molecule has 2 aromatic carbocycles. The molecule has 0 amide bonds. The second-order valence-electron chi connectivity index (χ2n) is 7.45. The molecule has 0 aliphatic heterocycles. The van der Waals surface area contributed by atoms with Crippen molar-refractivity contribution in [2.75, 3.05) is 11.1 Å². The number of H-pyrrole nitrogens is 1. The molecule has 34 heavy (non-hydrogen) atoms. The molecule has 0 radical (unpaired) electrons. The van der Waals surface area contributed by atoms with Crippen molar-refractivity contribution >= 4 is 45.3 Å². The maximum absolute atomic E-state index is 14.1. The molecule has 1 atom stereocenters. The van der Waals surface area contributed by atoms with Gasteiger partial charge in [0, 0.05) is 0 Å². The number of nitrogens with one attached hydrogen (secondary N) is 2. The largest absolute Gasteiger partial charge is 0.368 e. The number of nitrogens with two attached hydrogens (primary N) is 1. The summed E-state index contributed by atoms with van der Waals surface area (Å²) in [5, 5.41) is 3.58. The number of aromatic amines is 1. The van der Waals surface area contributed by atoms with Gasteiger partial charge in [0.25, 0.3) is 11.1 Å². The maximum Gasteiger partial charge on any atom is 0.285 e. The Hall–Kier alpha value is -4.38. The Morgan fingerprint density at radius 3 is 2.71 bits per heavy atom. The predicted molar refractivity (Wildman–Crippen MR) is 127 cm³/mol. The van der Waals surface area contributed by atoms with Crippen LogP contribution in [0.3, 0.4) is 0 Å². The Morgan fingerprint density at radius 2 is 1.91 bits per heavy atom. The molecule has 5 rings (SSSR count). The first-order valence-electron chi connectivity index (χ1n) is 10.1. The van der Waals surface area contributed by atoms with Crippen molar-refractivity contribution in [3.05, 3.63) is 86.2 Å². The van der Waals surface area contributed by atoms with Crippen LogP contribution < -0.4 is 22.2 Å². The zero-order valence-electron chi connectivity index (χ0n) is 17.6. The molecule has 0 bridgehead atoms. The van der Waals surface area contributed by atoms with Gasteiger partial charge in [0.2, 0.25) is 5.95 Å². The minimum atomic E-state index is -0.698. The van der Waals surface area contributed by atoms with Crippen molar-refractivity contribution in [3.8, 4) is 5.69 Å². The third-order valence-electron chi connectivity index (χ3n) is 5.20. The summed E-state index contributed by atoms with van der Waals surface area (Å²) in [6, 6.07) is 9.77. The van der Waals surface area contributed by atoms with E-state index in [2.05, 4.69) is 30.2 Å². The van der Waals surface area contributed by atoms with E-state index in [1.807, 2.05) is 0 Å². The van der Waals surface area contributed by atoms with Crippen molar-refractivity contribution < 1.29 is 4.39 Å². The number of aromatic nitrogens is 6. The van der Waals surface area contributed by atoms with E-state index in [-0.39, 0.29) is 44.7 Å². The lowest BCUT2D eigenvalue weighted by Gasteiger charge is -2.21. The monoisotopic (exact) mass is 478 g/mol. The molecule has 170 valence electrons. The van der Waals surface area contributed by atoms with E-state index in [4.69, 9.17) is 17.3 Å². The Kier molecular flexibility index (Phi) is 5.17. The Morgan fingerprint density at radius 1 is 1.12 bits per heavy atom. The van der Waals surface area contributed by atoms with Crippen LogP contribution in [0.4, 0.5) is 16.2 Å². The lowest BCUT2D eigenvalue weighted by atomic mass is 10.2. The third kappa shape index (κ3) is 3.61. The first-order valence-corrected chi connectivity index (χ1v) is 10.5. The number of rotatable bonds is 4. The van der Waals surface area contributed by atoms with Crippen molar-refractivity contribution in [2.24, 2.45) is 0 Å². The van der Waals surface area contributed by atoms with E-state index in [0.717, 1.165) is 0 Å². The van der Waals surface area contributed by atoms with Crippen molar-refractivity contribution in [1.29, 1.82) is 0 Å². The van der Waals surface area contributed by atoms with Gasteiger partial charge in [0.15, 0.2) is 5.65 Å². The molecule has 3 aromatic heterocycles. The minimum Gasteiger partial charge on any atom is -0.368 e. The van der Waals surface area contributed by atoms with E-state index in [1.54, 1.807) is 31.2 Å². The zero-order chi connectivity index (χ0) is 24.0. The van der Waals surface area contributed by atoms with Crippen LogP contribution in [-0.4, -0.2) is 29.5 Å². The number of fused-ring (bicyclic) bond motifs is 2. The number of nitrogen functional groups attached to an aromatic ring is 1. The smallest absolute Gasteiger partial charge is 0.285 e. The average molecular weight is 479 g/mol. The normalized spacial score (nSPS) is 12.2. The van der Waals surface area contributed by atoms with Crippen LogP contribution >= 0.6 is 11.6 Å². The van der Waals surface area contributed by atoms with Crippen LogP contribution in [0.1, 0.15) is 18.8 Å². The molecule has 0 saturated carbocycles. The van der Waals surface area contributed by atoms with Gasteiger partial charge in [-0.1, -0.05) is 23.7 Å². The Labute approximate surface area is 195 Å². The molecule has 0 aliphatic carbocycles. The first-order chi connectivity index (χ1) is 16.3. The second-order valence-corrected chi connectivity index (χ2v) is 7.86. The summed E-state index contributed by atoms with van der Waals surface area (Å²) < 4.78 is 15.3. The molecular formula is C22H16ClFN8O2. The SMILES string of the molecule is CC(Nc1nc(N)nc2[nH]cnc(=O)c12)c1nc2cccc(Cl)c2c(=O)n1-c1cccc(F)c1. The highest BCUT2D eigenvalue weighted by Gasteiger charge is 2.22. The highest BCUT2D eigenvalue weighted by atomic mass is 35.5. The number of halogens is 2. The summed E-state index contributed by atoms with van der Waals surface area (Å²) in [7, 11) is 0. The van der Waals surface area contributed by atoms with E-state index in [9.17, 15) is 14.0 Å². The molecule has 4 N–H and O–H groups in total. The van der Waals surface area contributed by atoms with Crippen LogP contribution in [0.2, 0.25) is 5.02 Å². The highest BCUT2D eigenvalue weighted by molar-refractivity contribution is 6.35. The fourth-order valence-electron chi connectivity index (χ4n) is 3.74. The van der Waals surface area contributed by atoms with Gasteiger partial charge in [0.1, 0.15) is 22.8 Å². The fraction of sp³-hybridized carbons (Fsp3) is 0.0909. The van der Waals surface area contributed by atoms with Gasteiger partial charge in [-0.3, -0.25) is 14.2 Å². The molecular weight excluding hydrogens is 463 g/mol. The van der Waals surface area contributed by atoms with Gasteiger partial charge in [-0.15, -0.1) is 0 Å². The van der Waals surface area contributed by atoms with Crippen molar-refractivity contribution in [3.63, 3.8) is 0 Å². The van der Waals surface area contributed by atoms with Gasteiger partial charge in [-0.2, -0.15) is 15.0 Å². The number of benzene rings is 2. The van der Waals surface area contributed by atoms with E-state index in [1.165, 1.54) is 29.1 Å². The molecule has 0 spiro atoms. The van der Waals surface area contributed by atoms with E-state index >= 15 is 0 Å². The van der Waals surface area contributed by atoms with Crippen LogP contribution in [0.5, 0.6) is 0 Å². The summed E-state index contributed by atoms with van der Waals surface area (Å²) in [4.78, 5) is 45.2. The minimum absolute atomic E-state index is 0.0789. The molecule has 5 aromatic rings. The average Bonchev–Trinajstić information content (AvgIpc) is 2.78. The lowest BCUT2D eigenvalue weighted by molar-refractivity contribution is 0.624. The van der Waals surface area contributed by atoms with Crippen LogP contribution in [0, 0.1) is 5.82 Å². The van der Waals surface area contributed by atoms with E-state index < -0.39 is 23.0 Å². The maximum atomic E-state index is 14.1. The quantitative estimate of drug-likeness (QED) is 0.357. The van der Waals surface area contributed by atoms with Gasteiger partial charge in [-0.25, -0.2) is 9.37 Å². The summed E-state index contributed by atoms with van der Waals surface area (Å²) in [5.74, 6) is -0.265. The molecule has 12 heteroatoms. The van der Waals surface area contributed by atoms with Crippen LogP contribution in [0.15, 0.2) is 58.4 Å². The summed E-state index contributed by atoms with van der Waals surface area (Å²) >= 11 is 6.30. The number of nitrogens with zero attached hydrogens (tertiary/aromatic N) is 5. The third-order valence-corrected chi connectivity index (χ3v) is 5.52. The topological polar surface area (TPSA) is 144 Å². The molecule has 1 unspecified atom stereocenters. The van der Waals surface area contributed by atoms with Gasteiger partial charge in [-0.05, 0) is 37.3 Å². The molecule has 0 aliphatic rings. The number of hydrogen-bond acceptors (Lipinski definition) is 8. The summed E-state index contributed by atoms with van der Waals surface area (Å²) in [6.45, 7) is 1.71. The molecule has 3 heterocycles. The molecule has 0 saturated heterocycles. The van der Waals surface area contributed by atoms with Crippen LogP contribution in [-0.2, 0) is 0 Å².